The molecule has 1 aromatic carbocycles. The van der Waals surface area contributed by atoms with E-state index in [1.165, 1.54) is 0 Å². The first kappa shape index (κ1) is 16.1. The Hall–Kier alpha value is -0.320. The van der Waals surface area contributed by atoms with Crippen molar-refractivity contribution in [3.05, 3.63) is 33.8 Å². The van der Waals surface area contributed by atoms with Gasteiger partial charge in [0.15, 0.2) is 0 Å². The van der Waals surface area contributed by atoms with E-state index in [-0.39, 0.29) is 6.04 Å². The molecule has 0 spiro atoms. The number of halogens is 2. The SMILES string of the molecule is CC(c1cc(Cl)ccc1Cl)N(C)CCN1CCNCC1. The van der Waals surface area contributed by atoms with Gasteiger partial charge in [0.2, 0.25) is 0 Å². The molecule has 1 fully saturated rings. The van der Waals surface area contributed by atoms with Crippen LogP contribution in [0, 0.1) is 0 Å². The van der Waals surface area contributed by atoms with Gasteiger partial charge in [0.05, 0.1) is 0 Å². The van der Waals surface area contributed by atoms with E-state index < -0.39 is 0 Å². The summed E-state index contributed by atoms with van der Waals surface area (Å²) in [6.45, 7) is 8.78. The quantitative estimate of drug-likeness (QED) is 0.901. The van der Waals surface area contributed by atoms with E-state index >= 15 is 0 Å². The molecule has 1 atom stereocenters. The molecular weight excluding hydrogens is 293 g/mol. The van der Waals surface area contributed by atoms with Gasteiger partial charge < -0.3 is 5.32 Å². The molecule has 1 aliphatic heterocycles. The van der Waals surface area contributed by atoms with E-state index in [0.717, 1.165) is 54.9 Å². The molecule has 1 saturated heterocycles. The number of hydrogen-bond acceptors (Lipinski definition) is 3. The highest BCUT2D eigenvalue weighted by Gasteiger charge is 2.17. The summed E-state index contributed by atoms with van der Waals surface area (Å²) in [4.78, 5) is 4.83. The van der Waals surface area contributed by atoms with Gasteiger partial charge in [-0.1, -0.05) is 23.2 Å². The maximum atomic E-state index is 6.28. The fraction of sp³-hybridized carbons (Fsp3) is 0.600. The Morgan fingerprint density at radius 3 is 2.70 bits per heavy atom. The van der Waals surface area contributed by atoms with Crippen LogP contribution in [-0.2, 0) is 0 Å². The molecule has 1 aliphatic rings. The molecule has 1 aromatic rings. The highest BCUT2D eigenvalue weighted by atomic mass is 35.5. The minimum Gasteiger partial charge on any atom is -0.314 e. The number of nitrogens with zero attached hydrogens (tertiary/aromatic N) is 2. The maximum Gasteiger partial charge on any atom is 0.0454 e. The highest BCUT2D eigenvalue weighted by molar-refractivity contribution is 6.33. The van der Waals surface area contributed by atoms with Gasteiger partial charge in [-0.3, -0.25) is 9.80 Å². The third kappa shape index (κ3) is 4.34. The third-order valence-corrected chi connectivity index (χ3v) is 4.63. The van der Waals surface area contributed by atoms with Gasteiger partial charge in [-0.25, -0.2) is 0 Å². The van der Waals surface area contributed by atoms with E-state index in [4.69, 9.17) is 23.2 Å². The number of nitrogens with one attached hydrogen (secondary N) is 1. The maximum absolute atomic E-state index is 6.28. The molecule has 5 heteroatoms. The number of hydrogen-bond donors (Lipinski definition) is 1. The van der Waals surface area contributed by atoms with Crippen molar-refractivity contribution in [2.24, 2.45) is 0 Å². The lowest BCUT2D eigenvalue weighted by Gasteiger charge is -2.31. The van der Waals surface area contributed by atoms with Crippen molar-refractivity contribution in [1.82, 2.24) is 15.1 Å². The standard InChI is InChI=1S/C15H23Cl2N3/c1-12(14-11-13(16)3-4-15(14)17)19(2)9-10-20-7-5-18-6-8-20/h3-4,11-12,18H,5-10H2,1-2H3. The summed E-state index contributed by atoms with van der Waals surface area (Å²) in [7, 11) is 2.14. The topological polar surface area (TPSA) is 18.5 Å². The van der Waals surface area contributed by atoms with Crippen molar-refractivity contribution in [2.75, 3.05) is 46.3 Å². The van der Waals surface area contributed by atoms with Crippen LogP contribution in [0.2, 0.25) is 10.0 Å². The molecule has 0 saturated carbocycles. The van der Waals surface area contributed by atoms with Gasteiger partial charge in [-0.05, 0) is 37.7 Å². The van der Waals surface area contributed by atoms with Crippen LogP contribution >= 0.6 is 23.2 Å². The summed E-state index contributed by atoms with van der Waals surface area (Å²) < 4.78 is 0. The summed E-state index contributed by atoms with van der Waals surface area (Å²) in [5, 5.41) is 4.91. The van der Waals surface area contributed by atoms with Crippen LogP contribution in [0.1, 0.15) is 18.5 Å². The Kier molecular flexibility index (Phi) is 6.12. The second-order valence-corrected chi connectivity index (χ2v) is 6.26. The third-order valence-electron chi connectivity index (χ3n) is 4.05. The predicted molar refractivity (Wildman–Crippen MR) is 86.8 cm³/mol. The predicted octanol–water partition coefficient (Wildman–Crippen LogP) is 2.89. The molecule has 0 aliphatic carbocycles. The molecule has 0 amide bonds. The van der Waals surface area contributed by atoms with E-state index in [2.05, 4.69) is 29.1 Å². The lowest BCUT2D eigenvalue weighted by Crippen LogP contribution is -2.46. The van der Waals surface area contributed by atoms with Gasteiger partial charge in [0, 0.05) is 55.4 Å². The van der Waals surface area contributed by atoms with Gasteiger partial charge >= 0.3 is 0 Å². The van der Waals surface area contributed by atoms with E-state index in [0.29, 0.717) is 0 Å². The van der Waals surface area contributed by atoms with Gasteiger partial charge in [0.25, 0.3) is 0 Å². The van der Waals surface area contributed by atoms with Crippen LogP contribution in [-0.4, -0.2) is 56.1 Å². The summed E-state index contributed by atoms with van der Waals surface area (Å²) in [6, 6.07) is 5.94. The molecule has 2 rings (SSSR count). The monoisotopic (exact) mass is 315 g/mol. The van der Waals surface area contributed by atoms with Crippen LogP contribution in [0.25, 0.3) is 0 Å². The van der Waals surface area contributed by atoms with Gasteiger partial charge in [0.1, 0.15) is 0 Å². The average Bonchev–Trinajstić information content (AvgIpc) is 2.47. The Morgan fingerprint density at radius 2 is 2.00 bits per heavy atom. The molecule has 1 unspecified atom stereocenters. The first-order valence-electron chi connectivity index (χ1n) is 7.16. The Morgan fingerprint density at radius 1 is 1.30 bits per heavy atom. The number of rotatable bonds is 5. The Bertz CT molecular complexity index is 433. The molecule has 0 bridgehead atoms. The minimum atomic E-state index is 0.268. The van der Waals surface area contributed by atoms with E-state index in [1.54, 1.807) is 0 Å². The molecule has 112 valence electrons. The van der Waals surface area contributed by atoms with Crippen LogP contribution < -0.4 is 5.32 Å². The largest absolute Gasteiger partial charge is 0.314 e. The Labute approximate surface area is 131 Å². The van der Waals surface area contributed by atoms with Crippen LogP contribution in [0.15, 0.2) is 18.2 Å². The molecule has 1 heterocycles. The molecule has 0 aromatic heterocycles. The second-order valence-electron chi connectivity index (χ2n) is 5.41. The van der Waals surface area contributed by atoms with Crippen molar-refractivity contribution in [3.63, 3.8) is 0 Å². The van der Waals surface area contributed by atoms with Crippen molar-refractivity contribution in [2.45, 2.75) is 13.0 Å². The zero-order chi connectivity index (χ0) is 14.5. The summed E-state index contributed by atoms with van der Waals surface area (Å²) in [5.41, 5.74) is 1.10. The summed E-state index contributed by atoms with van der Waals surface area (Å²) in [6.07, 6.45) is 0. The van der Waals surface area contributed by atoms with Crippen molar-refractivity contribution in [1.29, 1.82) is 0 Å². The fourth-order valence-corrected chi connectivity index (χ4v) is 2.96. The number of piperazine rings is 1. The van der Waals surface area contributed by atoms with Crippen LogP contribution in [0.3, 0.4) is 0 Å². The minimum absolute atomic E-state index is 0.268. The van der Waals surface area contributed by atoms with E-state index in [9.17, 15) is 0 Å². The average molecular weight is 316 g/mol. The van der Waals surface area contributed by atoms with Crippen molar-refractivity contribution in [3.8, 4) is 0 Å². The lowest BCUT2D eigenvalue weighted by molar-refractivity contribution is 0.183. The first-order valence-corrected chi connectivity index (χ1v) is 7.92. The molecule has 1 N–H and O–H groups in total. The summed E-state index contributed by atoms with van der Waals surface area (Å²) in [5.74, 6) is 0. The van der Waals surface area contributed by atoms with Gasteiger partial charge in [-0.2, -0.15) is 0 Å². The zero-order valence-electron chi connectivity index (χ0n) is 12.2. The lowest BCUT2D eigenvalue weighted by atomic mass is 10.1. The molecule has 3 nitrogen and oxygen atoms in total. The van der Waals surface area contributed by atoms with Crippen LogP contribution in [0.4, 0.5) is 0 Å². The van der Waals surface area contributed by atoms with E-state index in [1.807, 2.05) is 18.2 Å². The summed E-state index contributed by atoms with van der Waals surface area (Å²) >= 11 is 12.4. The Balaban J connectivity index is 1.90. The number of likely N-dealkylation sites (N-methyl/N-ethyl adjacent to an activating group) is 1. The van der Waals surface area contributed by atoms with Crippen LogP contribution in [0.5, 0.6) is 0 Å². The molecule has 20 heavy (non-hydrogen) atoms. The zero-order valence-corrected chi connectivity index (χ0v) is 13.7. The molecule has 0 radical (unpaired) electrons. The molecular formula is C15H23Cl2N3. The fourth-order valence-electron chi connectivity index (χ4n) is 2.50. The van der Waals surface area contributed by atoms with Crippen molar-refractivity contribution >= 4 is 23.2 Å². The second kappa shape index (κ2) is 7.62. The highest BCUT2D eigenvalue weighted by Crippen LogP contribution is 2.29. The number of benzene rings is 1. The van der Waals surface area contributed by atoms with Gasteiger partial charge in [-0.15, -0.1) is 0 Å². The normalized spacial score (nSPS) is 18.4. The smallest absolute Gasteiger partial charge is 0.0454 e. The van der Waals surface area contributed by atoms with Crippen molar-refractivity contribution < 1.29 is 0 Å². The first-order chi connectivity index (χ1) is 9.58.